The minimum atomic E-state index is 0.485. The van der Waals surface area contributed by atoms with E-state index in [1.807, 2.05) is 0 Å². The van der Waals surface area contributed by atoms with Gasteiger partial charge in [0.2, 0.25) is 0 Å². The second-order valence-corrected chi connectivity index (χ2v) is 10.0. The molecule has 1 heteroatoms. The van der Waals surface area contributed by atoms with Crippen LogP contribution in [0.15, 0.2) is 0 Å². The molecule has 1 atom stereocenters. The van der Waals surface area contributed by atoms with Gasteiger partial charge >= 0.3 is 0 Å². The van der Waals surface area contributed by atoms with Crippen LogP contribution in [0.3, 0.4) is 0 Å². The maximum Gasteiger partial charge on any atom is 0.0105 e. The highest BCUT2D eigenvalue weighted by Crippen LogP contribution is 2.37. The van der Waals surface area contributed by atoms with E-state index >= 15 is 0 Å². The quantitative estimate of drug-likeness (QED) is 0.334. The SMILES string of the molecule is CCCCCCCC(C)(C)CC(CC(C)(C)CC)N1CCCCC1. The molecular weight excluding hydrogens is 290 g/mol. The van der Waals surface area contributed by atoms with E-state index in [0.717, 1.165) is 6.04 Å². The van der Waals surface area contributed by atoms with Crippen molar-refractivity contribution in [2.45, 2.75) is 125 Å². The molecule has 0 aromatic carbocycles. The highest BCUT2D eigenvalue weighted by Gasteiger charge is 2.31. The third-order valence-electron chi connectivity index (χ3n) is 6.40. The Morgan fingerprint density at radius 1 is 0.750 bits per heavy atom. The molecule has 24 heavy (non-hydrogen) atoms. The Morgan fingerprint density at radius 2 is 1.33 bits per heavy atom. The van der Waals surface area contributed by atoms with E-state index in [-0.39, 0.29) is 0 Å². The molecule has 1 rings (SSSR count). The Hall–Kier alpha value is -0.0400. The molecule has 144 valence electrons. The van der Waals surface area contributed by atoms with Gasteiger partial charge in [0.25, 0.3) is 0 Å². The summed E-state index contributed by atoms with van der Waals surface area (Å²) in [4.78, 5) is 2.85. The molecule has 1 heterocycles. The van der Waals surface area contributed by atoms with Crippen LogP contribution in [0.1, 0.15) is 119 Å². The Labute approximate surface area is 154 Å². The van der Waals surface area contributed by atoms with Crippen molar-refractivity contribution in [1.29, 1.82) is 0 Å². The molecule has 0 radical (unpaired) electrons. The molecule has 1 aliphatic heterocycles. The van der Waals surface area contributed by atoms with Crippen LogP contribution in [-0.4, -0.2) is 24.0 Å². The maximum atomic E-state index is 2.85. The summed E-state index contributed by atoms with van der Waals surface area (Å²) in [6.07, 6.45) is 16.8. The number of hydrogen-bond donors (Lipinski definition) is 0. The predicted octanol–water partition coefficient (Wildman–Crippen LogP) is 7.44. The molecule has 0 spiro atoms. The normalized spacial score (nSPS) is 18.8. The van der Waals surface area contributed by atoms with E-state index in [2.05, 4.69) is 46.4 Å². The zero-order chi connectivity index (χ0) is 18.1. The minimum Gasteiger partial charge on any atom is -0.300 e. The van der Waals surface area contributed by atoms with Crippen molar-refractivity contribution in [3.8, 4) is 0 Å². The Morgan fingerprint density at radius 3 is 1.92 bits per heavy atom. The number of likely N-dealkylation sites (tertiary alicyclic amines) is 1. The lowest BCUT2D eigenvalue weighted by Crippen LogP contribution is -2.43. The fraction of sp³-hybridized carbons (Fsp3) is 1.00. The van der Waals surface area contributed by atoms with Crippen LogP contribution in [-0.2, 0) is 0 Å². The van der Waals surface area contributed by atoms with Crippen LogP contribution in [0.4, 0.5) is 0 Å². The van der Waals surface area contributed by atoms with Gasteiger partial charge in [0.15, 0.2) is 0 Å². The number of rotatable bonds is 12. The minimum absolute atomic E-state index is 0.485. The molecule has 1 nitrogen and oxygen atoms in total. The summed E-state index contributed by atoms with van der Waals surface area (Å²) in [5.74, 6) is 0. The molecule has 1 unspecified atom stereocenters. The first-order valence-corrected chi connectivity index (χ1v) is 11.0. The molecule has 0 N–H and O–H groups in total. The summed E-state index contributed by atoms with van der Waals surface area (Å²) < 4.78 is 0. The van der Waals surface area contributed by atoms with Crippen molar-refractivity contribution < 1.29 is 0 Å². The Bertz CT molecular complexity index is 312. The van der Waals surface area contributed by atoms with Gasteiger partial charge in [0.1, 0.15) is 0 Å². The summed E-state index contributed by atoms with van der Waals surface area (Å²) >= 11 is 0. The summed E-state index contributed by atoms with van der Waals surface area (Å²) in [6, 6.07) is 0.797. The fourth-order valence-corrected chi connectivity index (χ4v) is 4.34. The van der Waals surface area contributed by atoms with Crippen molar-refractivity contribution in [3.05, 3.63) is 0 Å². The standard InChI is InChI=1S/C23H47N/c1-7-9-10-11-13-16-23(5,6)20-21(19-22(3,4)8-2)24-17-14-12-15-18-24/h21H,7-20H2,1-6H3. The second-order valence-electron chi connectivity index (χ2n) is 10.0. The van der Waals surface area contributed by atoms with Crippen molar-refractivity contribution in [2.75, 3.05) is 13.1 Å². The largest absolute Gasteiger partial charge is 0.300 e. The highest BCUT2D eigenvalue weighted by molar-refractivity contribution is 4.86. The molecule has 1 saturated heterocycles. The average molecular weight is 338 g/mol. The van der Waals surface area contributed by atoms with Gasteiger partial charge in [-0.25, -0.2) is 0 Å². The van der Waals surface area contributed by atoms with Crippen LogP contribution >= 0.6 is 0 Å². The van der Waals surface area contributed by atoms with Crippen molar-refractivity contribution in [2.24, 2.45) is 10.8 Å². The van der Waals surface area contributed by atoms with Crippen LogP contribution in [0.5, 0.6) is 0 Å². The molecular formula is C23H47N. The number of piperidine rings is 1. The first-order chi connectivity index (χ1) is 11.3. The smallest absolute Gasteiger partial charge is 0.0105 e. The van der Waals surface area contributed by atoms with Crippen molar-refractivity contribution in [1.82, 2.24) is 4.90 Å². The van der Waals surface area contributed by atoms with Crippen LogP contribution in [0.25, 0.3) is 0 Å². The lowest BCUT2D eigenvalue weighted by atomic mass is 9.74. The van der Waals surface area contributed by atoms with Gasteiger partial charge in [0.05, 0.1) is 0 Å². The van der Waals surface area contributed by atoms with Crippen LogP contribution in [0, 0.1) is 10.8 Å². The van der Waals surface area contributed by atoms with Gasteiger partial charge in [-0.1, -0.05) is 86.5 Å². The number of hydrogen-bond acceptors (Lipinski definition) is 1. The van der Waals surface area contributed by atoms with E-state index in [1.165, 1.54) is 90.1 Å². The second kappa shape index (κ2) is 10.8. The topological polar surface area (TPSA) is 3.24 Å². The number of unbranched alkanes of at least 4 members (excludes halogenated alkanes) is 4. The van der Waals surface area contributed by atoms with E-state index in [4.69, 9.17) is 0 Å². The first-order valence-electron chi connectivity index (χ1n) is 11.0. The Kier molecular flexibility index (Phi) is 9.94. The predicted molar refractivity (Wildman–Crippen MR) is 110 cm³/mol. The van der Waals surface area contributed by atoms with Gasteiger partial charge < -0.3 is 4.90 Å². The Balaban J connectivity index is 2.57. The molecule has 0 amide bonds. The third kappa shape index (κ3) is 8.88. The van der Waals surface area contributed by atoms with Gasteiger partial charge in [-0.15, -0.1) is 0 Å². The summed E-state index contributed by atoms with van der Waals surface area (Å²) in [5, 5.41) is 0. The van der Waals surface area contributed by atoms with Crippen LogP contribution < -0.4 is 0 Å². The monoisotopic (exact) mass is 337 g/mol. The lowest BCUT2D eigenvalue weighted by molar-refractivity contribution is 0.0785. The molecule has 0 saturated carbocycles. The van der Waals surface area contributed by atoms with Gasteiger partial charge in [-0.2, -0.15) is 0 Å². The van der Waals surface area contributed by atoms with E-state index in [0.29, 0.717) is 10.8 Å². The van der Waals surface area contributed by atoms with Gasteiger partial charge in [-0.05, 0) is 56.0 Å². The van der Waals surface area contributed by atoms with Crippen LogP contribution in [0.2, 0.25) is 0 Å². The molecule has 1 fully saturated rings. The fourth-order valence-electron chi connectivity index (χ4n) is 4.34. The molecule has 0 aromatic heterocycles. The summed E-state index contributed by atoms with van der Waals surface area (Å²) in [6.45, 7) is 17.4. The van der Waals surface area contributed by atoms with Gasteiger partial charge in [-0.3, -0.25) is 0 Å². The third-order valence-corrected chi connectivity index (χ3v) is 6.40. The zero-order valence-electron chi connectivity index (χ0n) is 17.9. The van der Waals surface area contributed by atoms with Gasteiger partial charge in [0, 0.05) is 6.04 Å². The van der Waals surface area contributed by atoms with Crippen molar-refractivity contribution >= 4 is 0 Å². The lowest BCUT2D eigenvalue weighted by Gasteiger charge is -2.42. The molecule has 0 aromatic rings. The molecule has 0 aliphatic carbocycles. The highest BCUT2D eigenvalue weighted by atomic mass is 15.2. The summed E-state index contributed by atoms with van der Waals surface area (Å²) in [5.41, 5.74) is 0.984. The van der Waals surface area contributed by atoms with E-state index in [9.17, 15) is 0 Å². The van der Waals surface area contributed by atoms with E-state index < -0.39 is 0 Å². The molecule has 0 bridgehead atoms. The first kappa shape index (κ1) is 22.0. The maximum absolute atomic E-state index is 2.85. The zero-order valence-corrected chi connectivity index (χ0v) is 17.9. The van der Waals surface area contributed by atoms with Crippen molar-refractivity contribution in [3.63, 3.8) is 0 Å². The average Bonchev–Trinajstić information content (AvgIpc) is 2.54. The summed E-state index contributed by atoms with van der Waals surface area (Å²) in [7, 11) is 0. The molecule has 1 aliphatic rings. The number of nitrogens with zero attached hydrogens (tertiary/aromatic N) is 1. The van der Waals surface area contributed by atoms with E-state index in [1.54, 1.807) is 0 Å².